The lowest BCUT2D eigenvalue weighted by Crippen LogP contribution is -2.49. The molecule has 38 heavy (non-hydrogen) atoms. The summed E-state index contributed by atoms with van der Waals surface area (Å²) in [5.41, 5.74) is 4.26. The lowest BCUT2D eigenvalue weighted by Gasteiger charge is -2.33. The Kier molecular flexibility index (Phi) is 7.73. The lowest BCUT2D eigenvalue weighted by molar-refractivity contribution is -0.137. The molecule has 5 rings (SSSR count). The van der Waals surface area contributed by atoms with Crippen LogP contribution in [0.2, 0.25) is 0 Å². The van der Waals surface area contributed by atoms with Crippen molar-refractivity contribution in [1.29, 1.82) is 0 Å². The molecule has 196 valence electrons. The predicted octanol–water partition coefficient (Wildman–Crippen LogP) is 5.25. The second-order valence-electron chi connectivity index (χ2n) is 10.1. The van der Waals surface area contributed by atoms with Crippen LogP contribution in [0.1, 0.15) is 47.6 Å². The highest BCUT2D eigenvalue weighted by atomic mass is 16.6. The van der Waals surface area contributed by atoms with Crippen molar-refractivity contribution >= 4 is 23.6 Å². The summed E-state index contributed by atoms with van der Waals surface area (Å²) in [7, 11) is 0. The van der Waals surface area contributed by atoms with Crippen molar-refractivity contribution in [3.05, 3.63) is 101 Å². The molecule has 0 bridgehead atoms. The molecule has 0 aliphatic carbocycles. The number of carbonyl (C=O) groups is 3. The molecule has 7 heteroatoms. The normalized spacial score (nSPS) is 19.2. The predicted molar refractivity (Wildman–Crippen MR) is 145 cm³/mol. The third-order valence-corrected chi connectivity index (χ3v) is 7.19. The number of amides is 3. The van der Waals surface area contributed by atoms with Crippen molar-refractivity contribution in [2.45, 2.75) is 51.3 Å². The Balaban J connectivity index is 1.39. The Bertz CT molecular complexity index is 1290. The van der Waals surface area contributed by atoms with Gasteiger partial charge >= 0.3 is 6.09 Å². The Morgan fingerprint density at radius 3 is 2.37 bits per heavy atom. The van der Waals surface area contributed by atoms with Crippen LogP contribution < -0.4 is 5.32 Å². The molecule has 0 unspecified atom stereocenters. The van der Waals surface area contributed by atoms with E-state index in [-0.39, 0.29) is 24.8 Å². The molecule has 2 aliphatic rings. The number of cyclic esters (lactones) is 1. The van der Waals surface area contributed by atoms with E-state index in [0.29, 0.717) is 24.3 Å². The number of benzene rings is 3. The van der Waals surface area contributed by atoms with E-state index in [0.717, 1.165) is 36.0 Å². The van der Waals surface area contributed by atoms with Crippen LogP contribution >= 0.6 is 0 Å². The minimum Gasteiger partial charge on any atom is -0.438 e. The third-order valence-electron chi connectivity index (χ3n) is 7.19. The second kappa shape index (κ2) is 11.5. The molecule has 0 saturated carbocycles. The number of ether oxygens (including phenoxy) is 1. The summed E-state index contributed by atoms with van der Waals surface area (Å²) in [6, 6.07) is 24.0. The van der Waals surface area contributed by atoms with Crippen LogP contribution in [-0.2, 0) is 27.3 Å². The first-order valence-electron chi connectivity index (χ1n) is 13.2. The summed E-state index contributed by atoms with van der Waals surface area (Å²) >= 11 is 0. The highest BCUT2D eigenvalue weighted by Gasteiger charge is 2.48. The number of piperidine rings is 1. The van der Waals surface area contributed by atoms with Gasteiger partial charge in [-0.3, -0.25) is 14.5 Å². The van der Waals surface area contributed by atoms with E-state index in [4.69, 9.17) is 4.74 Å². The van der Waals surface area contributed by atoms with Gasteiger partial charge in [-0.1, -0.05) is 72.3 Å². The number of anilines is 1. The Hall–Kier alpha value is -4.13. The van der Waals surface area contributed by atoms with Crippen LogP contribution in [0.3, 0.4) is 0 Å². The number of likely N-dealkylation sites (tertiary alicyclic amines) is 1. The zero-order valence-electron chi connectivity index (χ0n) is 21.6. The van der Waals surface area contributed by atoms with Gasteiger partial charge in [0.2, 0.25) is 11.8 Å². The number of nitrogens with one attached hydrogen (secondary N) is 1. The summed E-state index contributed by atoms with van der Waals surface area (Å²) in [4.78, 5) is 43.1. The third kappa shape index (κ3) is 5.88. The number of rotatable bonds is 7. The summed E-state index contributed by atoms with van der Waals surface area (Å²) in [5.74, 6) is -0.232. The first kappa shape index (κ1) is 25.5. The van der Waals surface area contributed by atoms with E-state index in [1.54, 1.807) is 17.0 Å². The molecular weight excluding hydrogens is 478 g/mol. The van der Waals surface area contributed by atoms with Crippen molar-refractivity contribution in [3.8, 4) is 0 Å². The Labute approximate surface area is 223 Å². The van der Waals surface area contributed by atoms with Gasteiger partial charge in [0, 0.05) is 18.8 Å². The van der Waals surface area contributed by atoms with Gasteiger partial charge in [-0.25, -0.2) is 4.79 Å². The van der Waals surface area contributed by atoms with Crippen LogP contribution in [0.5, 0.6) is 0 Å². The number of carbonyl (C=O) groups excluding carboxylic acids is 3. The smallest absolute Gasteiger partial charge is 0.411 e. The Morgan fingerprint density at radius 1 is 0.895 bits per heavy atom. The van der Waals surface area contributed by atoms with Crippen molar-refractivity contribution in [2.24, 2.45) is 0 Å². The quantitative estimate of drug-likeness (QED) is 0.470. The van der Waals surface area contributed by atoms with Gasteiger partial charge in [0.15, 0.2) is 12.1 Å². The van der Waals surface area contributed by atoms with Crippen molar-refractivity contribution in [2.75, 3.05) is 18.4 Å². The maximum absolute atomic E-state index is 13.8. The van der Waals surface area contributed by atoms with Gasteiger partial charge in [-0.05, 0) is 55.0 Å². The maximum Gasteiger partial charge on any atom is 0.411 e. The fraction of sp³-hybridized carbons (Fsp3) is 0.323. The topological polar surface area (TPSA) is 79.0 Å². The molecule has 2 atom stereocenters. The molecule has 2 saturated heterocycles. The molecule has 3 aromatic carbocycles. The highest BCUT2D eigenvalue weighted by molar-refractivity contribution is 5.92. The lowest BCUT2D eigenvalue weighted by atomic mass is 9.98. The maximum atomic E-state index is 13.8. The molecule has 3 aromatic rings. The van der Waals surface area contributed by atoms with E-state index >= 15 is 0 Å². The van der Waals surface area contributed by atoms with Crippen LogP contribution in [0.15, 0.2) is 78.9 Å². The van der Waals surface area contributed by atoms with Crippen LogP contribution in [0.4, 0.5) is 10.5 Å². The van der Waals surface area contributed by atoms with E-state index in [1.165, 1.54) is 0 Å². The molecular formula is C31H33N3O4. The van der Waals surface area contributed by atoms with Crippen molar-refractivity contribution in [3.63, 3.8) is 0 Å². The molecule has 1 N–H and O–H groups in total. The van der Waals surface area contributed by atoms with E-state index in [9.17, 15) is 14.4 Å². The average Bonchev–Trinajstić information content (AvgIpc) is 3.26. The molecule has 0 radical (unpaired) electrons. The van der Waals surface area contributed by atoms with E-state index in [2.05, 4.69) is 5.32 Å². The minimum absolute atomic E-state index is 0.0915. The van der Waals surface area contributed by atoms with Gasteiger partial charge in [-0.2, -0.15) is 0 Å². The number of hydrogen-bond acceptors (Lipinski definition) is 4. The largest absolute Gasteiger partial charge is 0.438 e. The Morgan fingerprint density at radius 2 is 1.63 bits per heavy atom. The fourth-order valence-electron chi connectivity index (χ4n) is 5.17. The molecule has 3 amide bonds. The van der Waals surface area contributed by atoms with Gasteiger partial charge in [0.05, 0.1) is 13.0 Å². The van der Waals surface area contributed by atoms with Crippen LogP contribution in [0, 0.1) is 6.92 Å². The first-order valence-corrected chi connectivity index (χ1v) is 13.2. The molecule has 0 spiro atoms. The molecule has 2 aliphatic heterocycles. The molecule has 7 nitrogen and oxygen atoms in total. The fourth-order valence-corrected chi connectivity index (χ4v) is 5.17. The van der Waals surface area contributed by atoms with E-state index < -0.39 is 18.2 Å². The van der Waals surface area contributed by atoms with Crippen LogP contribution in [0.25, 0.3) is 0 Å². The summed E-state index contributed by atoms with van der Waals surface area (Å²) in [6.45, 7) is 3.67. The second-order valence-corrected chi connectivity index (χ2v) is 10.1. The summed E-state index contributed by atoms with van der Waals surface area (Å²) in [5, 5.41) is 2.94. The summed E-state index contributed by atoms with van der Waals surface area (Å²) in [6.07, 6.45) is 1.99. The van der Waals surface area contributed by atoms with Gasteiger partial charge in [0.1, 0.15) is 0 Å². The molecule has 0 aromatic heterocycles. The van der Waals surface area contributed by atoms with Gasteiger partial charge in [0.25, 0.3) is 0 Å². The number of aryl methyl sites for hydroxylation is 1. The summed E-state index contributed by atoms with van der Waals surface area (Å²) < 4.78 is 5.86. The highest BCUT2D eigenvalue weighted by Crippen LogP contribution is 2.36. The first-order chi connectivity index (χ1) is 18.5. The standard InChI is InChI=1S/C31H33N3O4/c1-22-13-15-24(16-14-22)21-34-28(30(36)33-17-6-3-7-18-33)29(38-31(34)37)25-11-8-12-26(20-25)32-27(35)19-23-9-4-2-5-10-23/h2,4-5,8-16,20,28-29H,3,6-7,17-19,21H2,1H3,(H,32,35)/t28-,29+/m0/s1. The number of hydrogen-bond donors (Lipinski definition) is 1. The minimum atomic E-state index is -0.780. The van der Waals surface area contributed by atoms with Gasteiger partial charge < -0.3 is 15.0 Å². The van der Waals surface area contributed by atoms with Gasteiger partial charge in [-0.15, -0.1) is 0 Å². The molecule has 2 fully saturated rings. The SMILES string of the molecule is Cc1ccc(CN2C(=O)O[C@H](c3cccc(NC(=O)Cc4ccccc4)c3)[C@H]2C(=O)N2CCCCC2)cc1. The average molecular weight is 512 g/mol. The van der Waals surface area contributed by atoms with Crippen molar-refractivity contribution < 1.29 is 19.1 Å². The van der Waals surface area contributed by atoms with Crippen LogP contribution in [-0.4, -0.2) is 46.8 Å². The molecule has 2 heterocycles. The zero-order chi connectivity index (χ0) is 26.5. The zero-order valence-corrected chi connectivity index (χ0v) is 21.6. The van der Waals surface area contributed by atoms with Crippen molar-refractivity contribution in [1.82, 2.24) is 9.80 Å². The van der Waals surface area contributed by atoms with E-state index in [1.807, 2.05) is 78.6 Å². The monoisotopic (exact) mass is 511 g/mol. The number of nitrogens with zero attached hydrogens (tertiary/aromatic N) is 2.